The highest BCUT2D eigenvalue weighted by Gasteiger charge is 2.29. The average molecular weight is 262 g/mol. The molecule has 2 rings (SSSR count). The predicted molar refractivity (Wildman–Crippen MR) is 75.1 cm³/mol. The van der Waals surface area contributed by atoms with Gasteiger partial charge in [0.25, 0.3) is 0 Å². The number of hydrogen-bond donors (Lipinski definition) is 2. The van der Waals surface area contributed by atoms with Crippen LogP contribution in [0.5, 0.6) is 5.75 Å². The largest absolute Gasteiger partial charge is 0.497 e. The highest BCUT2D eigenvalue weighted by atomic mass is 16.5. The Labute approximate surface area is 114 Å². The van der Waals surface area contributed by atoms with Gasteiger partial charge in [0, 0.05) is 5.92 Å². The number of carbonyl (C=O) groups excluding carboxylic acids is 1. The third kappa shape index (κ3) is 3.26. The van der Waals surface area contributed by atoms with E-state index in [1.54, 1.807) is 7.11 Å². The molecule has 1 aliphatic heterocycles. The fourth-order valence-electron chi connectivity index (χ4n) is 2.20. The molecule has 0 aromatic heterocycles. The summed E-state index contributed by atoms with van der Waals surface area (Å²) < 4.78 is 5.13. The van der Waals surface area contributed by atoms with Crippen molar-refractivity contribution in [2.45, 2.75) is 19.9 Å². The lowest BCUT2D eigenvalue weighted by Crippen LogP contribution is -2.49. The molecular formula is C15H22N2O2. The van der Waals surface area contributed by atoms with E-state index in [-0.39, 0.29) is 17.9 Å². The molecule has 19 heavy (non-hydrogen) atoms. The van der Waals surface area contributed by atoms with Crippen LogP contribution < -0.4 is 15.4 Å². The molecule has 4 heteroatoms. The van der Waals surface area contributed by atoms with Crippen LogP contribution in [0.4, 0.5) is 0 Å². The minimum absolute atomic E-state index is 0.0221. The Morgan fingerprint density at radius 2 is 1.95 bits per heavy atom. The molecule has 2 atom stereocenters. The van der Waals surface area contributed by atoms with Crippen molar-refractivity contribution in [2.24, 2.45) is 11.8 Å². The fraction of sp³-hybridized carbons (Fsp3) is 0.533. The summed E-state index contributed by atoms with van der Waals surface area (Å²) in [5.41, 5.74) is 1.09. The highest BCUT2D eigenvalue weighted by molar-refractivity contribution is 5.79. The Bertz CT molecular complexity index is 426. The molecule has 1 amide bonds. The Morgan fingerprint density at radius 3 is 2.42 bits per heavy atom. The number of rotatable bonds is 5. The molecule has 1 aromatic carbocycles. The first-order valence-electron chi connectivity index (χ1n) is 6.77. The molecule has 0 bridgehead atoms. The Balaban J connectivity index is 1.91. The van der Waals surface area contributed by atoms with Crippen LogP contribution >= 0.6 is 0 Å². The van der Waals surface area contributed by atoms with Gasteiger partial charge in [0.2, 0.25) is 5.91 Å². The number of benzene rings is 1. The minimum Gasteiger partial charge on any atom is -0.497 e. The topological polar surface area (TPSA) is 50.4 Å². The zero-order chi connectivity index (χ0) is 13.8. The zero-order valence-electron chi connectivity index (χ0n) is 11.8. The number of nitrogens with one attached hydrogen (secondary N) is 2. The molecule has 4 nitrogen and oxygen atoms in total. The van der Waals surface area contributed by atoms with E-state index in [4.69, 9.17) is 4.74 Å². The standard InChI is InChI=1S/C15H22N2O2/c1-10(13-8-16-9-13)15(18)17-11(2)12-4-6-14(19-3)7-5-12/h4-7,10-11,13,16H,8-9H2,1-3H3,(H,17,18)/t10?,11-/m0/s1. The maximum atomic E-state index is 12.1. The predicted octanol–water partition coefficient (Wildman–Crippen LogP) is 1.73. The second-order valence-electron chi connectivity index (χ2n) is 5.21. The molecule has 2 N–H and O–H groups in total. The maximum Gasteiger partial charge on any atom is 0.223 e. The van der Waals surface area contributed by atoms with Gasteiger partial charge >= 0.3 is 0 Å². The Hall–Kier alpha value is -1.55. The van der Waals surface area contributed by atoms with Gasteiger partial charge in [-0.3, -0.25) is 4.79 Å². The zero-order valence-corrected chi connectivity index (χ0v) is 11.8. The molecule has 1 heterocycles. The molecule has 1 aliphatic rings. The normalized spacial score (nSPS) is 18.3. The van der Waals surface area contributed by atoms with Crippen molar-refractivity contribution in [3.63, 3.8) is 0 Å². The number of hydrogen-bond acceptors (Lipinski definition) is 3. The average Bonchev–Trinajstić information content (AvgIpc) is 2.36. The molecular weight excluding hydrogens is 240 g/mol. The third-order valence-corrected chi connectivity index (χ3v) is 3.91. The van der Waals surface area contributed by atoms with E-state index < -0.39 is 0 Å². The van der Waals surface area contributed by atoms with Crippen molar-refractivity contribution >= 4 is 5.91 Å². The van der Waals surface area contributed by atoms with Crippen LogP contribution in [0, 0.1) is 11.8 Å². The highest BCUT2D eigenvalue weighted by Crippen LogP contribution is 2.20. The Morgan fingerprint density at radius 1 is 1.32 bits per heavy atom. The molecule has 1 fully saturated rings. The maximum absolute atomic E-state index is 12.1. The molecule has 0 radical (unpaired) electrons. The van der Waals surface area contributed by atoms with Crippen LogP contribution in [-0.2, 0) is 4.79 Å². The van der Waals surface area contributed by atoms with Gasteiger partial charge in [0.1, 0.15) is 5.75 Å². The Kier molecular flexibility index (Phi) is 4.43. The molecule has 0 aliphatic carbocycles. The van der Waals surface area contributed by atoms with E-state index >= 15 is 0 Å². The van der Waals surface area contributed by atoms with E-state index in [1.165, 1.54) is 0 Å². The SMILES string of the molecule is COc1ccc([C@H](C)NC(=O)C(C)C2CNC2)cc1. The van der Waals surface area contributed by atoms with Crippen LogP contribution in [0.3, 0.4) is 0 Å². The first-order chi connectivity index (χ1) is 9.11. The molecule has 1 aromatic rings. The van der Waals surface area contributed by atoms with Gasteiger partial charge in [-0.25, -0.2) is 0 Å². The van der Waals surface area contributed by atoms with Crippen molar-refractivity contribution in [2.75, 3.05) is 20.2 Å². The van der Waals surface area contributed by atoms with Crippen molar-refractivity contribution < 1.29 is 9.53 Å². The van der Waals surface area contributed by atoms with Gasteiger partial charge in [-0.05, 0) is 43.6 Å². The van der Waals surface area contributed by atoms with Crippen LogP contribution in [-0.4, -0.2) is 26.1 Å². The lowest BCUT2D eigenvalue weighted by atomic mass is 9.88. The monoisotopic (exact) mass is 262 g/mol. The van der Waals surface area contributed by atoms with E-state index in [1.807, 2.05) is 38.1 Å². The molecule has 1 saturated heterocycles. The number of methoxy groups -OCH3 is 1. The lowest BCUT2D eigenvalue weighted by Gasteiger charge is -2.32. The van der Waals surface area contributed by atoms with Crippen LogP contribution in [0.2, 0.25) is 0 Å². The van der Waals surface area contributed by atoms with Crippen LogP contribution in [0.25, 0.3) is 0 Å². The summed E-state index contributed by atoms with van der Waals surface area (Å²) in [4.78, 5) is 12.1. The first-order valence-corrected chi connectivity index (χ1v) is 6.77. The second kappa shape index (κ2) is 6.06. The first kappa shape index (κ1) is 13.9. The van der Waals surface area contributed by atoms with Crippen molar-refractivity contribution in [1.82, 2.24) is 10.6 Å². The summed E-state index contributed by atoms with van der Waals surface area (Å²) in [6.45, 7) is 5.91. The van der Waals surface area contributed by atoms with E-state index in [2.05, 4.69) is 10.6 Å². The van der Waals surface area contributed by atoms with Gasteiger partial charge in [0.15, 0.2) is 0 Å². The number of carbonyl (C=O) groups is 1. The number of ether oxygens (including phenoxy) is 1. The van der Waals surface area contributed by atoms with Crippen molar-refractivity contribution in [3.05, 3.63) is 29.8 Å². The summed E-state index contributed by atoms with van der Waals surface area (Å²) in [5, 5.41) is 6.28. The molecule has 0 spiro atoms. The summed E-state index contributed by atoms with van der Waals surface area (Å²) in [5.74, 6) is 1.51. The van der Waals surface area contributed by atoms with Crippen molar-refractivity contribution in [3.8, 4) is 5.75 Å². The molecule has 0 saturated carbocycles. The van der Waals surface area contributed by atoms with Crippen LogP contribution in [0.15, 0.2) is 24.3 Å². The summed E-state index contributed by atoms with van der Waals surface area (Å²) in [7, 11) is 1.65. The van der Waals surface area contributed by atoms with Gasteiger partial charge in [-0.1, -0.05) is 19.1 Å². The van der Waals surface area contributed by atoms with E-state index in [9.17, 15) is 4.79 Å². The second-order valence-corrected chi connectivity index (χ2v) is 5.21. The summed E-state index contributed by atoms with van der Waals surface area (Å²) in [6, 6.07) is 7.82. The van der Waals surface area contributed by atoms with Crippen LogP contribution in [0.1, 0.15) is 25.5 Å². The van der Waals surface area contributed by atoms with Gasteiger partial charge in [-0.2, -0.15) is 0 Å². The smallest absolute Gasteiger partial charge is 0.223 e. The fourth-order valence-corrected chi connectivity index (χ4v) is 2.20. The van der Waals surface area contributed by atoms with Gasteiger partial charge in [0.05, 0.1) is 13.2 Å². The number of amides is 1. The minimum atomic E-state index is 0.0221. The molecule has 1 unspecified atom stereocenters. The third-order valence-electron chi connectivity index (χ3n) is 3.91. The van der Waals surface area contributed by atoms with Crippen molar-refractivity contribution in [1.29, 1.82) is 0 Å². The van der Waals surface area contributed by atoms with Gasteiger partial charge in [-0.15, -0.1) is 0 Å². The van der Waals surface area contributed by atoms with Gasteiger partial charge < -0.3 is 15.4 Å². The quantitative estimate of drug-likeness (QED) is 0.849. The summed E-state index contributed by atoms with van der Waals surface area (Å²) in [6.07, 6.45) is 0. The summed E-state index contributed by atoms with van der Waals surface area (Å²) >= 11 is 0. The van der Waals surface area contributed by atoms with E-state index in [0.717, 1.165) is 24.4 Å². The molecule has 104 valence electrons. The van der Waals surface area contributed by atoms with E-state index in [0.29, 0.717) is 5.92 Å². The lowest BCUT2D eigenvalue weighted by molar-refractivity contribution is -0.127.